The highest BCUT2D eigenvalue weighted by Crippen LogP contribution is 2.27. The number of sulfonamides is 1. The molecule has 6 nitrogen and oxygen atoms in total. The largest absolute Gasteiger partial charge is 0.573 e. The van der Waals surface area contributed by atoms with E-state index in [1.54, 1.807) is 0 Å². The van der Waals surface area contributed by atoms with Gasteiger partial charge < -0.3 is 4.74 Å². The maximum absolute atomic E-state index is 12.4. The van der Waals surface area contributed by atoms with Gasteiger partial charge in [0.2, 0.25) is 0 Å². The first-order valence-electron chi connectivity index (χ1n) is 5.81. The molecule has 0 spiro atoms. The van der Waals surface area contributed by atoms with Crippen LogP contribution in [0.1, 0.15) is 0 Å². The lowest BCUT2D eigenvalue weighted by Crippen LogP contribution is -2.27. The summed E-state index contributed by atoms with van der Waals surface area (Å²) >= 11 is 0. The number of nitrogens with zero attached hydrogens (tertiary/aromatic N) is 3. The fourth-order valence-electron chi connectivity index (χ4n) is 1.57. The van der Waals surface area contributed by atoms with Crippen LogP contribution >= 0.6 is 0 Å². The van der Waals surface area contributed by atoms with Crippen LogP contribution in [-0.4, -0.2) is 31.8 Å². The average molecular weight is 333 g/mol. The highest BCUT2D eigenvalue weighted by molar-refractivity contribution is 7.92. The monoisotopic (exact) mass is 333 g/mol. The van der Waals surface area contributed by atoms with Crippen molar-refractivity contribution in [3.63, 3.8) is 0 Å². The first-order chi connectivity index (χ1) is 10.2. The molecule has 0 radical (unpaired) electrons. The maximum Gasteiger partial charge on any atom is 0.573 e. The Morgan fingerprint density at radius 2 is 1.95 bits per heavy atom. The Hall–Kier alpha value is -2.36. The van der Waals surface area contributed by atoms with Crippen molar-refractivity contribution in [2.75, 3.05) is 11.4 Å². The molecule has 118 valence electrons. The summed E-state index contributed by atoms with van der Waals surface area (Å²) in [6.07, 6.45) is -1.03. The number of alkyl halides is 3. The summed E-state index contributed by atoms with van der Waals surface area (Å²) in [5, 5.41) is 0. The number of rotatable bonds is 4. The van der Waals surface area contributed by atoms with Crippen molar-refractivity contribution in [3.05, 3.63) is 42.9 Å². The van der Waals surface area contributed by atoms with E-state index in [0.717, 1.165) is 28.6 Å². The highest BCUT2D eigenvalue weighted by Gasteiger charge is 2.32. The number of halogens is 3. The van der Waals surface area contributed by atoms with E-state index in [2.05, 4.69) is 14.7 Å². The van der Waals surface area contributed by atoms with Crippen LogP contribution in [0.25, 0.3) is 0 Å². The minimum absolute atomic E-state index is 0.0321. The topological polar surface area (TPSA) is 72.4 Å². The minimum Gasteiger partial charge on any atom is -0.406 e. The van der Waals surface area contributed by atoms with Crippen LogP contribution in [0, 0.1) is 0 Å². The summed E-state index contributed by atoms with van der Waals surface area (Å²) in [5.41, 5.74) is 0. The number of hydrogen-bond donors (Lipinski definition) is 0. The summed E-state index contributed by atoms with van der Waals surface area (Å²) < 4.78 is 65.8. The van der Waals surface area contributed by atoms with Gasteiger partial charge in [-0.25, -0.2) is 13.4 Å². The van der Waals surface area contributed by atoms with E-state index < -0.39 is 22.1 Å². The Morgan fingerprint density at radius 1 is 1.23 bits per heavy atom. The van der Waals surface area contributed by atoms with Crippen molar-refractivity contribution in [3.8, 4) is 5.75 Å². The van der Waals surface area contributed by atoms with Gasteiger partial charge in [0.25, 0.3) is 10.0 Å². The molecular formula is C12H10F3N3O3S. The molecule has 2 aromatic rings. The Bertz CT molecular complexity index is 751. The van der Waals surface area contributed by atoms with Gasteiger partial charge in [0, 0.05) is 25.5 Å². The van der Waals surface area contributed by atoms with Gasteiger partial charge in [-0.1, -0.05) is 6.07 Å². The number of anilines is 1. The van der Waals surface area contributed by atoms with Crippen molar-refractivity contribution < 1.29 is 26.3 Å². The fraction of sp³-hybridized carbons (Fsp3) is 0.167. The third-order valence-electron chi connectivity index (χ3n) is 2.57. The van der Waals surface area contributed by atoms with Crippen LogP contribution < -0.4 is 9.04 Å². The first kappa shape index (κ1) is 16.0. The lowest BCUT2D eigenvalue weighted by Gasteiger charge is -2.18. The van der Waals surface area contributed by atoms with Crippen LogP contribution in [-0.2, 0) is 10.0 Å². The molecule has 1 heterocycles. The fourth-order valence-corrected chi connectivity index (χ4v) is 2.74. The molecule has 0 amide bonds. The Balaban J connectivity index is 2.36. The number of ether oxygens (including phenoxy) is 1. The molecule has 0 aliphatic carbocycles. The molecule has 0 saturated carbocycles. The van der Waals surface area contributed by atoms with E-state index in [1.807, 2.05) is 0 Å². The molecule has 2 rings (SSSR count). The standard InChI is InChI=1S/C12H10F3N3O3S/c1-18(11-8-16-5-6-17-11)22(19,20)10-4-2-3-9(7-10)21-12(13,14)15/h2-8H,1H3. The SMILES string of the molecule is CN(c1cnccn1)S(=O)(=O)c1cccc(OC(F)(F)F)c1. The lowest BCUT2D eigenvalue weighted by molar-refractivity contribution is -0.274. The lowest BCUT2D eigenvalue weighted by atomic mass is 10.3. The molecule has 0 saturated heterocycles. The zero-order chi connectivity index (χ0) is 16.4. The molecule has 0 unspecified atom stereocenters. The Morgan fingerprint density at radius 3 is 2.55 bits per heavy atom. The first-order valence-corrected chi connectivity index (χ1v) is 7.25. The van der Waals surface area contributed by atoms with Gasteiger partial charge in [0.05, 0.1) is 11.1 Å². The number of aromatic nitrogens is 2. The predicted molar refractivity (Wildman–Crippen MR) is 70.7 cm³/mol. The van der Waals surface area contributed by atoms with Crippen LogP contribution in [0.4, 0.5) is 19.0 Å². The summed E-state index contributed by atoms with van der Waals surface area (Å²) in [4.78, 5) is 7.20. The zero-order valence-corrected chi connectivity index (χ0v) is 12.0. The Kier molecular flexibility index (Phi) is 4.22. The Labute approximate surface area is 124 Å². The second-order valence-electron chi connectivity index (χ2n) is 4.06. The third kappa shape index (κ3) is 3.64. The molecule has 0 aliphatic rings. The van der Waals surface area contributed by atoms with E-state index in [0.29, 0.717) is 0 Å². The number of benzene rings is 1. The molecule has 0 bridgehead atoms. The maximum atomic E-state index is 12.4. The molecule has 0 aliphatic heterocycles. The van der Waals surface area contributed by atoms with Crippen LogP contribution in [0.5, 0.6) is 5.75 Å². The van der Waals surface area contributed by atoms with Gasteiger partial charge >= 0.3 is 6.36 Å². The second-order valence-corrected chi connectivity index (χ2v) is 6.03. The summed E-state index contributed by atoms with van der Waals surface area (Å²) in [6.45, 7) is 0. The van der Waals surface area contributed by atoms with E-state index in [4.69, 9.17) is 0 Å². The average Bonchev–Trinajstić information content (AvgIpc) is 2.46. The molecule has 1 aromatic heterocycles. The third-order valence-corrected chi connectivity index (χ3v) is 4.33. The molecular weight excluding hydrogens is 323 g/mol. The smallest absolute Gasteiger partial charge is 0.406 e. The minimum atomic E-state index is -4.90. The van der Waals surface area contributed by atoms with Gasteiger partial charge in [-0.15, -0.1) is 13.2 Å². The molecule has 0 fully saturated rings. The van der Waals surface area contributed by atoms with Crippen LogP contribution in [0.15, 0.2) is 47.8 Å². The number of hydrogen-bond acceptors (Lipinski definition) is 5. The van der Waals surface area contributed by atoms with Gasteiger partial charge in [-0.05, 0) is 12.1 Å². The van der Waals surface area contributed by atoms with Crippen LogP contribution in [0.3, 0.4) is 0 Å². The van der Waals surface area contributed by atoms with E-state index in [1.165, 1.54) is 25.6 Å². The summed E-state index contributed by atoms with van der Waals surface area (Å²) in [6, 6.07) is 4.11. The van der Waals surface area contributed by atoms with Crippen molar-refractivity contribution in [2.24, 2.45) is 0 Å². The summed E-state index contributed by atoms with van der Waals surface area (Å²) in [5.74, 6) is -0.592. The van der Waals surface area contributed by atoms with Crippen molar-refractivity contribution >= 4 is 15.8 Å². The second kappa shape index (κ2) is 5.79. The summed E-state index contributed by atoms with van der Waals surface area (Å²) in [7, 11) is -2.87. The van der Waals surface area contributed by atoms with Crippen molar-refractivity contribution in [1.29, 1.82) is 0 Å². The van der Waals surface area contributed by atoms with Gasteiger partial charge in [0.1, 0.15) is 5.75 Å². The van der Waals surface area contributed by atoms with E-state index >= 15 is 0 Å². The molecule has 1 aromatic carbocycles. The van der Waals surface area contributed by atoms with E-state index in [-0.39, 0.29) is 10.7 Å². The quantitative estimate of drug-likeness (QED) is 0.858. The van der Waals surface area contributed by atoms with Gasteiger partial charge in [-0.3, -0.25) is 9.29 Å². The predicted octanol–water partition coefficient (Wildman–Crippen LogP) is 2.20. The molecule has 0 atom stereocenters. The van der Waals surface area contributed by atoms with Crippen molar-refractivity contribution in [2.45, 2.75) is 11.3 Å². The molecule has 0 N–H and O–H groups in total. The van der Waals surface area contributed by atoms with Gasteiger partial charge in [0.15, 0.2) is 5.82 Å². The highest BCUT2D eigenvalue weighted by atomic mass is 32.2. The molecule has 22 heavy (non-hydrogen) atoms. The van der Waals surface area contributed by atoms with Crippen LogP contribution in [0.2, 0.25) is 0 Å². The normalized spacial score (nSPS) is 12.0. The van der Waals surface area contributed by atoms with Crippen molar-refractivity contribution in [1.82, 2.24) is 9.97 Å². The van der Waals surface area contributed by atoms with Gasteiger partial charge in [-0.2, -0.15) is 0 Å². The zero-order valence-electron chi connectivity index (χ0n) is 11.1. The van der Waals surface area contributed by atoms with E-state index in [9.17, 15) is 21.6 Å². The molecule has 10 heteroatoms.